The zero-order valence-corrected chi connectivity index (χ0v) is 19.8. The lowest BCUT2D eigenvalue weighted by atomic mass is 9.98. The average Bonchev–Trinajstić information content (AvgIpc) is 2.90. The summed E-state index contributed by atoms with van der Waals surface area (Å²) in [6, 6.07) is 18.8. The number of carbonyl (C=O) groups excluding carboxylic acids is 3. The summed E-state index contributed by atoms with van der Waals surface area (Å²) in [6.45, 7) is -0.465. The van der Waals surface area contributed by atoms with Crippen molar-refractivity contribution in [3.63, 3.8) is 0 Å². The molecule has 4 rings (SSSR count). The molecule has 0 aliphatic rings. The Bertz CT molecular complexity index is 1300. The lowest BCUT2D eigenvalue weighted by Crippen LogP contribution is -2.34. The molecule has 0 aliphatic carbocycles. The van der Waals surface area contributed by atoms with Crippen molar-refractivity contribution in [3.05, 3.63) is 73.1 Å². The maximum Gasteiger partial charge on any atom is 0.237 e. The summed E-state index contributed by atoms with van der Waals surface area (Å²) in [7, 11) is 0. The van der Waals surface area contributed by atoms with E-state index in [-0.39, 0.29) is 12.2 Å². The van der Waals surface area contributed by atoms with Crippen molar-refractivity contribution < 1.29 is 19.5 Å². The molecule has 0 bridgehead atoms. The van der Waals surface area contributed by atoms with E-state index >= 15 is 0 Å². The minimum Gasteiger partial charge on any atom is -0.389 e. The Hall–Kier alpha value is -4.17. The van der Waals surface area contributed by atoms with Crippen LogP contribution in [-0.4, -0.2) is 39.3 Å². The number of aliphatic hydroxyl groups is 1. The first-order valence-electron chi connectivity index (χ1n) is 12.0. The number of ketones is 1. The molecule has 36 heavy (non-hydrogen) atoms. The molecular formula is C28H28N4O4. The van der Waals surface area contributed by atoms with Gasteiger partial charge in [0.1, 0.15) is 12.5 Å². The molecule has 0 spiro atoms. The van der Waals surface area contributed by atoms with Crippen molar-refractivity contribution in [1.82, 2.24) is 9.97 Å². The Balaban J connectivity index is 1.46. The summed E-state index contributed by atoms with van der Waals surface area (Å²) in [6.07, 6.45) is 5.58. The van der Waals surface area contributed by atoms with Crippen LogP contribution in [0.3, 0.4) is 0 Å². The number of hydrogen-bond donors (Lipinski definition) is 3. The number of carbonyl (C=O) groups is 3. The first kappa shape index (κ1) is 24.9. The van der Waals surface area contributed by atoms with Gasteiger partial charge < -0.3 is 15.7 Å². The summed E-state index contributed by atoms with van der Waals surface area (Å²) in [5.74, 6) is -2.01. The quantitative estimate of drug-likeness (QED) is 0.213. The van der Waals surface area contributed by atoms with Gasteiger partial charge in [0.05, 0.1) is 34.8 Å². The van der Waals surface area contributed by atoms with Crippen LogP contribution in [0.15, 0.2) is 73.1 Å². The van der Waals surface area contributed by atoms with Crippen LogP contribution < -0.4 is 10.6 Å². The van der Waals surface area contributed by atoms with Gasteiger partial charge in [0, 0.05) is 17.2 Å². The van der Waals surface area contributed by atoms with Crippen LogP contribution in [0.1, 0.15) is 32.1 Å². The van der Waals surface area contributed by atoms with Crippen LogP contribution in [0.4, 0.5) is 11.4 Å². The molecule has 184 valence electrons. The monoisotopic (exact) mass is 484 g/mol. The number of pyridine rings is 2. The Kier molecular flexibility index (Phi) is 8.31. The first-order chi connectivity index (χ1) is 17.5. The number of nitrogens with zero attached hydrogens (tertiary/aromatic N) is 2. The van der Waals surface area contributed by atoms with Crippen LogP contribution in [0, 0.1) is 5.92 Å². The van der Waals surface area contributed by atoms with Crippen LogP contribution >= 0.6 is 0 Å². The molecule has 2 aromatic carbocycles. The summed E-state index contributed by atoms with van der Waals surface area (Å²) in [4.78, 5) is 46.5. The molecule has 8 nitrogen and oxygen atoms in total. The maximum absolute atomic E-state index is 13.2. The molecule has 0 saturated carbocycles. The zero-order valence-electron chi connectivity index (χ0n) is 19.8. The molecule has 3 N–H and O–H groups in total. The molecule has 0 saturated heterocycles. The zero-order chi connectivity index (χ0) is 25.3. The summed E-state index contributed by atoms with van der Waals surface area (Å²) >= 11 is 0. The fraction of sp³-hybridized carbons (Fsp3) is 0.250. The van der Waals surface area contributed by atoms with Crippen LogP contribution in [0.2, 0.25) is 0 Å². The number of para-hydroxylation sites is 2. The Morgan fingerprint density at radius 3 is 1.81 bits per heavy atom. The van der Waals surface area contributed by atoms with Gasteiger partial charge in [0.2, 0.25) is 11.8 Å². The highest BCUT2D eigenvalue weighted by atomic mass is 16.3. The first-order valence-corrected chi connectivity index (χ1v) is 12.0. The van der Waals surface area contributed by atoms with Crippen molar-refractivity contribution in [2.24, 2.45) is 5.92 Å². The molecule has 8 heteroatoms. The van der Waals surface area contributed by atoms with Crippen LogP contribution in [-0.2, 0) is 14.4 Å². The molecule has 4 aromatic rings. The third-order valence-corrected chi connectivity index (χ3v) is 5.97. The third-order valence-electron chi connectivity index (χ3n) is 5.97. The van der Waals surface area contributed by atoms with Gasteiger partial charge >= 0.3 is 0 Å². The van der Waals surface area contributed by atoms with E-state index in [9.17, 15) is 14.4 Å². The number of nitrogens with one attached hydrogen (secondary N) is 2. The molecule has 2 heterocycles. The topological polar surface area (TPSA) is 121 Å². The number of aliphatic hydroxyl groups excluding tert-OH is 1. The molecule has 2 amide bonds. The van der Waals surface area contributed by atoms with E-state index in [1.807, 2.05) is 60.7 Å². The fourth-order valence-corrected chi connectivity index (χ4v) is 4.05. The molecule has 0 atom stereocenters. The minimum absolute atomic E-state index is 0.213. The number of hydrogen-bond acceptors (Lipinski definition) is 6. The second kappa shape index (κ2) is 12.0. The Labute approximate surface area is 208 Å². The predicted octanol–water partition coefficient (Wildman–Crippen LogP) is 4.49. The number of unbranched alkanes of at least 4 members (excludes halogenated alkanes) is 2. The second-order valence-corrected chi connectivity index (χ2v) is 8.66. The molecule has 0 unspecified atom stereocenters. The lowest BCUT2D eigenvalue weighted by Gasteiger charge is -2.17. The van der Waals surface area contributed by atoms with E-state index < -0.39 is 24.3 Å². The van der Waals surface area contributed by atoms with Crippen molar-refractivity contribution in [3.8, 4) is 0 Å². The maximum atomic E-state index is 13.2. The van der Waals surface area contributed by atoms with E-state index in [0.29, 0.717) is 37.1 Å². The number of Topliss-reactive ketones (excluding diaryl/α,β-unsaturated/α-hetero) is 1. The minimum atomic E-state index is -0.948. The van der Waals surface area contributed by atoms with Crippen LogP contribution in [0.5, 0.6) is 0 Å². The van der Waals surface area contributed by atoms with Gasteiger partial charge in [0.25, 0.3) is 0 Å². The Morgan fingerprint density at radius 2 is 1.28 bits per heavy atom. The van der Waals surface area contributed by atoms with Gasteiger partial charge in [0.15, 0.2) is 5.78 Å². The SMILES string of the molecule is O=C(CO)CCCCCC(C(=O)Nc1cnc2ccccc2c1)C(=O)Nc1cnc2ccccc2c1. The number of amides is 2. The highest BCUT2D eigenvalue weighted by Crippen LogP contribution is 2.21. The molecule has 0 aliphatic heterocycles. The highest BCUT2D eigenvalue weighted by Gasteiger charge is 2.27. The van der Waals surface area contributed by atoms with Gasteiger partial charge in [-0.05, 0) is 37.1 Å². The molecular weight excluding hydrogens is 456 g/mol. The average molecular weight is 485 g/mol. The van der Waals surface area contributed by atoms with E-state index in [0.717, 1.165) is 21.8 Å². The Morgan fingerprint density at radius 1 is 0.750 bits per heavy atom. The molecule has 0 radical (unpaired) electrons. The normalized spacial score (nSPS) is 11.1. The van der Waals surface area contributed by atoms with Gasteiger partial charge in [-0.25, -0.2) is 0 Å². The van der Waals surface area contributed by atoms with E-state index in [1.54, 1.807) is 12.4 Å². The van der Waals surface area contributed by atoms with Crippen molar-refractivity contribution in [1.29, 1.82) is 0 Å². The summed E-state index contributed by atoms with van der Waals surface area (Å²) in [5.41, 5.74) is 2.65. The highest BCUT2D eigenvalue weighted by molar-refractivity contribution is 6.11. The standard InChI is InChI=1S/C28H28N4O4/c33-18-23(34)10-2-1-3-11-24(27(35)31-21-14-19-8-4-6-12-25(19)29-16-21)28(36)32-22-15-20-9-5-7-13-26(20)30-17-22/h4-9,12-17,24,33H,1-3,10-11,18H2,(H,31,35)(H,32,36). The van der Waals surface area contributed by atoms with Crippen molar-refractivity contribution >= 4 is 50.8 Å². The number of aromatic nitrogens is 2. The fourth-order valence-electron chi connectivity index (χ4n) is 4.05. The van der Waals surface area contributed by atoms with Crippen LogP contribution in [0.25, 0.3) is 21.8 Å². The number of rotatable bonds is 11. The van der Waals surface area contributed by atoms with E-state index in [4.69, 9.17) is 5.11 Å². The number of fused-ring (bicyclic) bond motifs is 2. The third kappa shape index (κ3) is 6.49. The second-order valence-electron chi connectivity index (χ2n) is 8.66. The predicted molar refractivity (Wildman–Crippen MR) is 139 cm³/mol. The smallest absolute Gasteiger partial charge is 0.237 e. The molecule has 0 fully saturated rings. The summed E-state index contributed by atoms with van der Waals surface area (Å²) < 4.78 is 0. The van der Waals surface area contributed by atoms with Gasteiger partial charge in [-0.15, -0.1) is 0 Å². The molecule has 2 aromatic heterocycles. The van der Waals surface area contributed by atoms with Crippen molar-refractivity contribution in [2.45, 2.75) is 32.1 Å². The van der Waals surface area contributed by atoms with E-state index in [2.05, 4.69) is 20.6 Å². The number of benzene rings is 2. The number of anilines is 2. The lowest BCUT2D eigenvalue weighted by molar-refractivity contribution is -0.129. The van der Waals surface area contributed by atoms with Gasteiger partial charge in [-0.3, -0.25) is 24.4 Å². The van der Waals surface area contributed by atoms with Gasteiger partial charge in [-0.2, -0.15) is 0 Å². The summed E-state index contributed by atoms with van der Waals surface area (Å²) in [5, 5.41) is 16.3. The van der Waals surface area contributed by atoms with Gasteiger partial charge in [-0.1, -0.05) is 49.2 Å². The van der Waals surface area contributed by atoms with Crippen molar-refractivity contribution in [2.75, 3.05) is 17.2 Å². The largest absolute Gasteiger partial charge is 0.389 e. The van der Waals surface area contributed by atoms with E-state index in [1.165, 1.54) is 0 Å².